The zero-order chi connectivity index (χ0) is 85.2. The van der Waals surface area contributed by atoms with Gasteiger partial charge in [0.15, 0.2) is 40.5 Å². The van der Waals surface area contributed by atoms with Crippen LogP contribution in [-0.2, 0) is 26.2 Å². The molecule has 26 nitrogen and oxygen atoms in total. The number of benzene rings is 4. The standard InChI is InChI=1S/2C23H18N6OS.C22H18BrN5OS.C11H12BrN5.C11H7ClOS/c2*1-15-21-26-27-22(18-5-3-7-20(24-2)25-18)29(21)13-12-28(15)23(30)17-10-8-16(9-11-17)19-6-4-14-31-19;1-14-20-25-26-21(17-4-2-6-19(23)24-17)28(20)12-11-27(14)22(29)16-9-7-15(8-10-16)18-5-3-13-30-18;1-7-10-15-16-11(17(10)6-5-13-7)8-3-2-4-9(12)14-8;12-11(13)9-5-3-8(4-6-9)10-2-1-7-14-10/h2*3-11,14-15H,12-13H2,1H3;2-10,13-14H,11-12H2,1H3;2-4,7,13H,5-6H2,1H3;1-7H/t15-;;;;/m1..../s1. The van der Waals surface area contributed by atoms with Crippen LogP contribution in [0.4, 0.5) is 11.6 Å². The van der Waals surface area contributed by atoms with Crippen LogP contribution in [0.5, 0.6) is 0 Å². The monoisotopic (exact) mass is 1850 g/mol. The van der Waals surface area contributed by atoms with Gasteiger partial charge in [0.2, 0.25) is 11.6 Å². The molecule has 1 N–H and O–H groups in total. The van der Waals surface area contributed by atoms with Gasteiger partial charge in [-0.3, -0.25) is 19.2 Å². The van der Waals surface area contributed by atoms with Crippen LogP contribution < -0.4 is 5.32 Å². The summed E-state index contributed by atoms with van der Waals surface area (Å²) in [6.07, 6.45) is 0. The first-order chi connectivity index (χ1) is 59.9. The van der Waals surface area contributed by atoms with E-state index in [9.17, 15) is 19.2 Å². The number of fused-ring (bicyclic) bond motifs is 4. The Kier molecular flexibility index (Phi) is 25.9. The maximum Gasteiger partial charge on any atom is 0.270 e. The molecule has 16 aromatic rings. The van der Waals surface area contributed by atoms with Crippen molar-refractivity contribution >= 4 is 123 Å². The number of pyridine rings is 4. The molecule has 0 saturated carbocycles. The molecule has 3 unspecified atom stereocenters. The SMILES string of the molecule is CC1NCCn2c(-c3cccc(Br)n3)nnc21.CC1c2nnc(-c3cccc(Br)n3)n2CCN1C(=O)c1ccc(-c2cccs2)cc1.O=C(Cl)c1ccc(-c2cccs2)cc1.[C-]#[N+]c1cccc(-c2nnc3n2CCN(C(=O)c2ccc(-c4cccs4)cc2)C3C)n1.[C-]#[N+]c1cccc(-c2nnc3n2CCN(C(=O)c2ccc(-c4cccs4)cc2)[C@@H]3C)n1. The van der Waals surface area contributed by atoms with Crippen LogP contribution in [0.1, 0.15) is 117 Å². The summed E-state index contributed by atoms with van der Waals surface area (Å²) < 4.78 is 9.74. The van der Waals surface area contributed by atoms with Crippen molar-refractivity contribution in [1.82, 2.24) is 99.0 Å². The summed E-state index contributed by atoms with van der Waals surface area (Å²) >= 11 is 18.8. The summed E-state index contributed by atoms with van der Waals surface area (Å²) in [7, 11) is 0. The molecule has 33 heteroatoms. The zero-order valence-electron chi connectivity index (χ0n) is 66.4. The molecule has 0 spiro atoms. The fourth-order valence-corrected chi connectivity index (χ4v) is 18.5. The highest BCUT2D eigenvalue weighted by Gasteiger charge is 2.37. The van der Waals surface area contributed by atoms with Crippen molar-refractivity contribution < 1.29 is 19.2 Å². The Hall–Kier alpha value is -12.9. The van der Waals surface area contributed by atoms with E-state index in [0.717, 1.165) is 90.9 Å². The lowest BCUT2D eigenvalue weighted by atomic mass is 10.1. The predicted molar refractivity (Wildman–Crippen MR) is 485 cm³/mol. The van der Waals surface area contributed by atoms with Gasteiger partial charge in [-0.25, -0.2) is 9.97 Å². The number of halogens is 3. The lowest BCUT2D eigenvalue weighted by Gasteiger charge is -2.33. The van der Waals surface area contributed by atoms with Crippen LogP contribution in [0, 0.1) is 13.1 Å². The van der Waals surface area contributed by atoms with Crippen molar-refractivity contribution in [3.05, 3.63) is 318 Å². The number of nitrogens with zero attached hydrogens (tertiary/aromatic N) is 21. The van der Waals surface area contributed by atoms with E-state index in [1.807, 2.05) is 225 Å². The summed E-state index contributed by atoms with van der Waals surface area (Å²) in [5, 5.41) is 45.7. The van der Waals surface area contributed by atoms with Gasteiger partial charge in [0.1, 0.15) is 26.4 Å². The van der Waals surface area contributed by atoms with E-state index in [0.29, 0.717) is 96.2 Å². The predicted octanol–water partition coefficient (Wildman–Crippen LogP) is 20.3. The topological polar surface area (TPSA) is 273 Å². The maximum atomic E-state index is 13.2. The van der Waals surface area contributed by atoms with Gasteiger partial charge in [0.05, 0.1) is 24.2 Å². The molecule has 16 heterocycles. The van der Waals surface area contributed by atoms with E-state index in [4.69, 9.17) is 24.7 Å². The van der Waals surface area contributed by atoms with Crippen molar-refractivity contribution in [2.45, 2.75) is 78.0 Å². The number of carbonyl (C=O) groups excluding carboxylic acids is 4. The van der Waals surface area contributed by atoms with E-state index in [2.05, 4.69) is 147 Å². The second-order valence-electron chi connectivity index (χ2n) is 28.5. The molecule has 4 aliphatic heterocycles. The summed E-state index contributed by atoms with van der Waals surface area (Å²) in [5.41, 5.74) is 9.84. The largest absolute Gasteiger partial charge is 0.361 e. The quantitative estimate of drug-likeness (QED) is 0.0676. The zero-order valence-corrected chi connectivity index (χ0v) is 73.5. The molecular formula is C90H73Br2ClN22O4S4. The highest BCUT2D eigenvalue weighted by molar-refractivity contribution is 9.10. The van der Waals surface area contributed by atoms with E-state index >= 15 is 0 Å². The van der Waals surface area contributed by atoms with Crippen LogP contribution in [0.25, 0.3) is 97.5 Å². The Morgan fingerprint density at radius 3 is 0.943 bits per heavy atom. The van der Waals surface area contributed by atoms with Gasteiger partial charge in [0, 0.05) is 94.1 Å². The van der Waals surface area contributed by atoms with Crippen LogP contribution >= 0.6 is 88.8 Å². The molecule has 0 saturated heterocycles. The van der Waals surface area contributed by atoms with E-state index < -0.39 is 5.24 Å². The van der Waals surface area contributed by atoms with Gasteiger partial charge >= 0.3 is 0 Å². The van der Waals surface area contributed by atoms with Gasteiger partial charge in [0.25, 0.3) is 34.6 Å². The molecule has 0 radical (unpaired) electrons. The number of aromatic nitrogens is 16. The summed E-state index contributed by atoms with van der Waals surface area (Å²) in [4.78, 5) is 85.1. The van der Waals surface area contributed by atoms with E-state index in [1.165, 1.54) is 19.5 Å². The minimum absolute atomic E-state index is 0.0108. The molecule has 0 fully saturated rings. The number of hydrogen-bond acceptors (Lipinski definition) is 21. The first kappa shape index (κ1) is 83.7. The Balaban J connectivity index is 0.000000117. The average molecular weight is 1850 g/mol. The number of carbonyl (C=O) groups is 4. The molecular weight excluding hydrogens is 1780 g/mol. The summed E-state index contributed by atoms with van der Waals surface area (Å²) in [6.45, 7) is 27.7. The fourth-order valence-electron chi connectivity index (χ4n) is 14.7. The number of nitrogens with one attached hydrogen (secondary N) is 1. The van der Waals surface area contributed by atoms with E-state index in [1.54, 1.807) is 81.7 Å². The highest BCUT2D eigenvalue weighted by atomic mass is 79.9. The van der Waals surface area contributed by atoms with Crippen molar-refractivity contribution in [3.63, 3.8) is 0 Å². The minimum atomic E-state index is -0.414. The maximum absolute atomic E-state index is 13.2. The Bertz CT molecular complexity index is 6320. The molecule has 0 bridgehead atoms. The van der Waals surface area contributed by atoms with Crippen LogP contribution in [0.15, 0.2) is 249 Å². The Morgan fingerprint density at radius 2 is 0.650 bits per heavy atom. The Labute approximate surface area is 745 Å². The van der Waals surface area contributed by atoms with Gasteiger partial charge in [-0.05, 0) is 236 Å². The molecule has 4 atom stereocenters. The molecule has 4 aromatic carbocycles. The first-order valence-electron chi connectivity index (χ1n) is 39.1. The van der Waals surface area contributed by atoms with Crippen molar-refractivity contribution in [3.8, 4) is 87.8 Å². The summed E-state index contributed by atoms with van der Waals surface area (Å²) in [6, 6.07) is 68.7. The van der Waals surface area contributed by atoms with Crippen molar-refractivity contribution in [2.24, 2.45) is 0 Å². The lowest BCUT2D eigenvalue weighted by molar-refractivity contribution is 0.0631. The molecule has 3 amide bonds. The third-order valence-corrected chi connectivity index (χ3v) is 25.8. The summed E-state index contributed by atoms with van der Waals surface area (Å²) in [5.74, 6) is 6.64. The molecule has 20 rings (SSSR count). The molecule has 123 heavy (non-hydrogen) atoms. The number of amides is 3. The second-order valence-corrected chi connectivity index (χ2v) is 34.3. The molecule has 0 aliphatic carbocycles. The number of thiophene rings is 4. The number of hydrogen-bond donors (Lipinski definition) is 1. The third kappa shape index (κ3) is 18.5. The van der Waals surface area contributed by atoms with Crippen LogP contribution in [0.3, 0.4) is 0 Å². The minimum Gasteiger partial charge on any atom is -0.361 e. The van der Waals surface area contributed by atoms with E-state index in [-0.39, 0.29) is 41.9 Å². The van der Waals surface area contributed by atoms with Crippen molar-refractivity contribution in [1.29, 1.82) is 0 Å². The first-order valence-corrected chi connectivity index (χ1v) is 44.5. The normalized spacial score (nSPS) is 15.4. The van der Waals surface area contributed by atoms with Crippen molar-refractivity contribution in [2.75, 3.05) is 26.2 Å². The highest BCUT2D eigenvalue weighted by Crippen LogP contribution is 2.37. The average Bonchev–Trinajstić information content (AvgIpc) is 1.72. The van der Waals surface area contributed by atoms with Gasteiger partial charge in [-0.1, -0.05) is 110 Å². The smallest absolute Gasteiger partial charge is 0.270 e. The van der Waals surface area contributed by atoms with Gasteiger partial charge < -0.3 is 48.0 Å². The third-order valence-electron chi connectivity index (χ3n) is 21.1. The van der Waals surface area contributed by atoms with Gasteiger partial charge in [-0.2, -0.15) is 0 Å². The molecule has 12 aromatic heterocycles. The Morgan fingerprint density at radius 1 is 0.358 bits per heavy atom. The lowest BCUT2D eigenvalue weighted by Crippen LogP contribution is -2.41. The van der Waals surface area contributed by atoms with Crippen LogP contribution in [-0.4, -0.2) is 143 Å². The fraction of sp³-hybridized carbons (Fsp3) is 0.178. The van der Waals surface area contributed by atoms with Crippen LogP contribution in [0.2, 0.25) is 0 Å². The van der Waals surface area contributed by atoms with Gasteiger partial charge in [-0.15, -0.1) is 96.1 Å². The molecule has 612 valence electrons. The molecule has 4 aliphatic rings. The number of rotatable bonds is 12. The second kappa shape index (κ2) is 38.0.